The summed E-state index contributed by atoms with van der Waals surface area (Å²) in [5, 5.41) is 2.18. The lowest BCUT2D eigenvalue weighted by Gasteiger charge is -2.21. The fourth-order valence-corrected chi connectivity index (χ4v) is 5.99. The van der Waals surface area contributed by atoms with Crippen LogP contribution in [-0.2, 0) is 19.6 Å². The van der Waals surface area contributed by atoms with Crippen molar-refractivity contribution in [2.45, 2.75) is 92.8 Å². The van der Waals surface area contributed by atoms with Crippen LogP contribution < -0.4 is 9.47 Å². The van der Waals surface area contributed by atoms with Gasteiger partial charge in [0.15, 0.2) is 0 Å². The lowest BCUT2D eigenvalue weighted by molar-refractivity contribution is 0.299. The third-order valence-electron chi connectivity index (χ3n) is 8.90. The molecule has 3 heteroatoms. The number of benzene rings is 4. The lowest BCUT2D eigenvalue weighted by Crippen LogP contribution is -2.05. The average Bonchev–Trinajstić information content (AvgIpc) is 3.10. The molecule has 0 heterocycles. The number of fused-ring (bicyclic) bond motifs is 1. The molecule has 0 aromatic heterocycles. The molecule has 48 heavy (non-hydrogen) atoms. The molecule has 0 saturated heterocycles. The van der Waals surface area contributed by atoms with E-state index >= 15 is 0 Å². The summed E-state index contributed by atoms with van der Waals surface area (Å²) in [5.74, 6) is 2.51. The Hall–Kier alpha value is -4.01. The van der Waals surface area contributed by atoms with Crippen molar-refractivity contribution in [1.29, 1.82) is 0 Å². The second-order valence-electron chi connectivity index (χ2n) is 13.0. The minimum Gasteiger partial charge on any atom is -0.488 e. The lowest BCUT2D eigenvalue weighted by atomic mass is 9.95. The highest BCUT2D eigenvalue weighted by Crippen LogP contribution is 2.42. The van der Waals surface area contributed by atoms with Gasteiger partial charge in [-0.25, -0.2) is 0 Å². The molecule has 0 radical (unpaired) electrons. The molecular formula is C45H53ClO2. The third kappa shape index (κ3) is 11.6. The van der Waals surface area contributed by atoms with E-state index in [-0.39, 0.29) is 0 Å². The zero-order valence-electron chi connectivity index (χ0n) is 29.7. The number of rotatable bonds is 18. The van der Waals surface area contributed by atoms with Crippen LogP contribution >= 0.6 is 11.6 Å². The third-order valence-corrected chi connectivity index (χ3v) is 9.32. The second kappa shape index (κ2) is 19.7. The maximum absolute atomic E-state index is 6.66. The molecule has 4 aromatic carbocycles. The largest absolute Gasteiger partial charge is 0.488 e. The highest BCUT2D eigenvalue weighted by atomic mass is 35.5. The minimum atomic E-state index is 0.522. The fourth-order valence-electron chi connectivity index (χ4n) is 5.88. The molecule has 4 rings (SSSR count). The number of alkyl halides is 1. The van der Waals surface area contributed by atoms with Crippen LogP contribution in [-0.4, -0.2) is 5.88 Å². The molecule has 252 valence electrons. The Labute approximate surface area is 294 Å². The Morgan fingerprint density at radius 1 is 0.542 bits per heavy atom. The summed E-state index contributed by atoms with van der Waals surface area (Å²) < 4.78 is 13.2. The number of ether oxygens (including phenoxy) is 2. The summed E-state index contributed by atoms with van der Waals surface area (Å²) >= 11 is 5.89. The first kappa shape index (κ1) is 36.8. The first-order valence-corrected chi connectivity index (χ1v) is 17.9. The number of hydrogen-bond donors (Lipinski definition) is 0. The van der Waals surface area contributed by atoms with Crippen LogP contribution in [0, 0.1) is 6.92 Å². The first-order valence-electron chi connectivity index (χ1n) is 17.4. The second-order valence-corrected chi connectivity index (χ2v) is 13.3. The Kier molecular flexibility index (Phi) is 15.1. The predicted molar refractivity (Wildman–Crippen MR) is 207 cm³/mol. The van der Waals surface area contributed by atoms with Crippen LogP contribution in [0.1, 0.15) is 88.5 Å². The Morgan fingerprint density at radius 3 is 1.46 bits per heavy atom. The van der Waals surface area contributed by atoms with Crippen LogP contribution in [0.5, 0.6) is 11.5 Å². The van der Waals surface area contributed by atoms with E-state index < -0.39 is 0 Å². The maximum atomic E-state index is 6.66. The Balaban J connectivity index is 1.47. The SMILES string of the molecule is C/C(=C\CC/C(C)=C/CC/C(C)=C/CC/C(C)=C/Cc1c(C)c(OCc2ccccc2)c2ccccc2c1OCc1ccccc1)CCl. The average molecular weight is 661 g/mol. The Morgan fingerprint density at radius 2 is 0.958 bits per heavy atom. The zero-order chi connectivity index (χ0) is 34.1. The molecule has 0 bridgehead atoms. The van der Waals surface area contributed by atoms with Gasteiger partial charge in [-0.05, 0) is 96.3 Å². The van der Waals surface area contributed by atoms with Gasteiger partial charge in [-0.2, -0.15) is 0 Å². The van der Waals surface area contributed by atoms with Crippen LogP contribution in [0.4, 0.5) is 0 Å². The van der Waals surface area contributed by atoms with Gasteiger partial charge >= 0.3 is 0 Å². The molecule has 0 saturated carbocycles. The summed E-state index contributed by atoms with van der Waals surface area (Å²) in [5.41, 5.74) is 10.2. The van der Waals surface area contributed by atoms with E-state index in [0.717, 1.165) is 83.9 Å². The molecule has 0 spiro atoms. The van der Waals surface area contributed by atoms with Crippen molar-refractivity contribution >= 4 is 22.4 Å². The molecule has 0 aliphatic heterocycles. The maximum Gasteiger partial charge on any atom is 0.131 e. The summed E-state index contributed by atoms with van der Waals surface area (Å²) in [6.07, 6.45) is 16.7. The monoisotopic (exact) mass is 660 g/mol. The van der Waals surface area contributed by atoms with Crippen molar-refractivity contribution < 1.29 is 9.47 Å². The standard InChI is InChI=1S/C45H53ClO2/c1-34(17-14-18-35(2)20-16-22-37(4)31-46)19-15-21-36(3)29-30-41-38(5)44(47-32-39-23-8-6-9-24-39)42-27-12-13-28-43(42)45(41)48-33-40-25-10-7-11-26-40/h6-13,18-19,22-29H,14-17,20-21,30-33H2,1-5H3/b34-19+,35-18+,36-29+,37-22+. The van der Waals surface area contributed by atoms with E-state index in [9.17, 15) is 0 Å². The quantitative estimate of drug-likeness (QED) is 0.0781. The summed E-state index contributed by atoms with van der Waals surface area (Å²) in [4.78, 5) is 0. The van der Waals surface area contributed by atoms with Gasteiger partial charge in [-0.15, -0.1) is 11.6 Å². The molecule has 0 aliphatic rings. The van der Waals surface area contributed by atoms with E-state index in [1.54, 1.807) is 0 Å². The molecule has 0 amide bonds. The van der Waals surface area contributed by atoms with E-state index in [0.29, 0.717) is 19.1 Å². The topological polar surface area (TPSA) is 18.5 Å². The van der Waals surface area contributed by atoms with Crippen molar-refractivity contribution in [1.82, 2.24) is 0 Å². The minimum absolute atomic E-state index is 0.522. The van der Waals surface area contributed by atoms with Gasteiger partial charge in [-0.1, -0.05) is 132 Å². The molecule has 0 N–H and O–H groups in total. The predicted octanol–water partition coefficient (Wildman–Crippen LogP) is 13.2. The van der Waals surface area contributed by atoms with Gasteiger partial charge in [0, 0.05) is 22.2 Å². The van der Waals surface area contributed by atoms with Crippen molar-refractivity contribution in [3.8, 4) is 11.5 Å². The first-order chi connectivity index (χ1) is 23.4. The van der Waals surface area contributed by atoms with E-state index in [1.165, 1.54) is 27.9 Å². The fraction of sp³-hybridized carbons (Fsp3) is 0.333. The highest BCUT2D eigenvalue weighted by molar-refractivity contribution is 6.19. The van der Waals surface area contributed by atoms with Gasteiger partial charge < -0.3 is 9.47 Å². The van der Waals surface area contributed by atoms with Gasteiger partial charge in [-0.3, -0.25) is 0 Å². The summed E-state index contributed by atoms with van der Waals surface area (Å²) in [6, 6.07) is 29.3. The van der Waals surface area contributed by atoms with Crippen molar-refractivity contribution in [3.63, 3.8) is 0 Å². The van der Waals surface area contributed by atoms with E-state index in [2.05, 4.69) is 132 Å². The number of allylic oxidation sites excluding steroid dienone is 8. The molecule has 0 fully saturated rings. The van der Waals surface area contributed by atoms with Crippen molar-refractivity contribution in [2.24, 2.45) is 0 Å². The smallest absolute Gasteiger partial charge is 0.131 e. The normalized spacial score (nSPS) is 12.9. The molecule has 0 unspecified atom stereocenters. The van der Waals surface area contributed by atoms with Gasteiger partial charge in [0.2, 0.25) is 0 Å². The van der Waals surface area contributed by atoms with Crippen LogP contribution in [0.15, 0.2) is 132 Å². The van der Waals surface area contributed by atoms with Gasteiger partial charge in [0.1, 0.15) is 24.7 Å². The zero-order valence-corrected chi connectivity index (χ0v) is 30.4. The molecule has 0 atom stereocenters. The van der Waals surface area contributed by atoms with Crippen LogP contribution in [0.2, 0.25) is 0 Å². The van der Waals surface area contributed by atoms with Gasteiger partial charge in [0.05, 0.1) is 0 Å². The Bertz CT molecular complexity index is 1710. The summed E-state index contributed by atoms with van der Waals surface area (Å²) in [7, 11) is 0. The highest BCUT2D eigenvalue weighted by Gasteiger charge is 2.19. The molecule has 2 nitrogen and oxygen atoms in total. The number of halogens is 1. The van der Waals surface area contributed by atoms with E-state index in [4.69, 9.17) is 21.1 Å². The van der Waals surface area contributed by atoms with Gasteiger partial charge in [0.25, 0.3) is 0 Å². The molecule has 4 aromatic rings. The number of hydrogen-bond acceptors (Lipinski definition) is 2. The van der Waals surface area contributed by atoms with Crippen molar-refractivity contribution in [3.05, 3.63) is 154 Å². The van der Waals surface area contributed by atoms with Crippen LogP contribution in [0.3, 0.4) is 0 Å². The van der Waals surface area contributed by atoms with Crippen molar-refractivity contribution in [2.75, 3.05) is 5.88 Å². The van der Waals surface area contributed by atoms with Crippen LogP contribution in [0.25, 0.3) is 10.8 Å². The molecule has 0 aliphatic carbocycles. The summed E-state index contributed by atoms with van der Waals surface area (Å²) in [6.45, 7) is 12.1. The molecular weight excluding hydrogens is 608 g/mol. The van der Waals surface area contributed by atoms with E-state index in [1.807, 2.05) is 12.1 Å².